The summed E-state index contributed by atoms with van der Waals surface area (Å²) in [7, 11) is 3.12. The van der Waals surface area contributed by atoms with Crippen LogP contribution in [0.2, 0.25) is 0 Å². The molecule has 0 bridgehead atoms. The molecule has 3 N–H and O–H groups in total. The van der Waals surface area contributed by atoms with Crippen LogP contribution in [0.5, 0.6) is 11.5 Å². The van der Waals surface area contributed by atoms with Gasteiger partial charge in [-0.2, -0.15) is 0 Å². The van der Waals surface area contributed by atoms with Crippen LogP contribution in [-0.4, -0.2) is 20.3 Å². The molecule has 0 unspecified atom stereocenters. The monoisotopic (exact) mass is 325 g/mol. The Balaban J connectivity index is 1.70. The highest BCUT2D eigenvalue weighted by Gasteiger charge is 2.14. The van der Waals surface area contributed by atoms with E-state index in [9.17, 15) is 4.79 Å². The third kappa shape index (κ3) is 3.27. The minimum atomic E-state index is -0.344. The van der Waals surface area contributed by atoms with Gasteiger partial charge < -0.3 is 25.4 Å². The molecule has 2 aromatic rings. The summed E-state index contributed by atoms with van der Waals surface area (Å²) in [4.78, 5) is 12.2. The number of fused-ring (bicyclic) bond motifs is 1. The smallest absolute Gasteiger partial charge is 0.323 e. The molecule has 6 heteroatoms. The van der Waals surface area contributed by atoms with Gasteiger partial charge in [-0.1, -0.05) is 6.58 Å². The van der Waals surface area contributed by atoms with Crippen LogP contribution in [0.3, 0.4) is 0 Å². The van der Waals surface area contributed by atoms with E-state index in [1.807, 2.05) is 18.2 Å². The SMILES string of the molecule is C=C1Cc2cc(NC(=O)Nc3ccc(OC)cc3OC)ccc2N1. The molecule has 24 heavy (non-hydrogen) atoms. The van der Waals surface area contributed by atoms with Crippen LogP contribution in [-0.2, 0) is 6.42 Å². The molecule has 2 amide bonds. The maximum absolute atomic E-state index is 12.2. The number of allylic oxidation sites excluding steroid dienone is 1. The third-order valence-corrected chi connectivity index (χ3v) is 3.74. The summed E-state index contributed by atoms with van der Waals surface area (Å²) < 4.78 is 10.4. The van der Waals surface area contributed by atoms with Gasteiger partial charge in [0.1, 0.15) is 11.5 Å². The second kappa shape index (κ2) is 6.54. The van der Waals surface area contributed by atoms with Crippen LogP contribution in [0.25, 0.3) is 0 Å². The summed E-state index contributed by atoms with van der Waals surface area (Å²) >= 11 is 0. The van der Waals surface area contributed by atoms with Gasteiger partial charge in [-0.15, -0.1) is 0 Å². The average molecular weight is 325 g/mol. The van der Waals surface area contributed by atoms with Crippen molar-refractivity contribution in [3.8, 4) is 11.5 Å². The Morgan fingerprint density at radius 3 is 2.71 bits per heavy atom. The number of methoxy groups -OCH3 is 2. The topological polar surface area (TPSA) is 71.6 Å². The van der Waals surface area contributed by atoms with E-state index in [4.69, 9.17) is 9.47 Å². The molecule has 2 aromatic carbocycles. The first-order valence-corrected chi connectivity index (χ1v) is 7.47. The van der Waals surface area contributed by atoms with Crippen LogP contribution in [0, 0.1) is 0 Å². The molecule has 0 spiro atoms. The maximum Gasteiger partial charge on any atom is 0.323 e. The number of nitrogens with one attached hydrogen (secondary N) is 3. The largest absolute Gasteiger partial charge is 0.497 e. The zero-order chi connectivity index (χ0) is 17.1. The van der Waals surface area contributed by atoms with Gasteiger partial charge in [-0.3, -0.25) is 0 Å². The molecule has 124 valence electrons. The zero-order valence-electron chi connectivity index (χ0n) is 13.6. The van der Waals surface area contributed by atoms with E-state index in [0.29, 0.717) is 17.2 Å². The number of amides is 2. The van der Waals surface area contributed by atoms with Gasteiger partial charge in [0.05, 0.1) is 19.9 Å². The number of ether oxygens (including phenoxy) is 2. The van der Waals surface area contributed by atoms with Gasteiger partial charge in [0.2, 0.25) is 0 Å². The lowest BCUT2D eigenvalue weighted by atomic mass is 10.1. The fraction of sp³-hybridized carbons (Fsp3) is 0.167. The highest BCUT2D eigenvalue weighted by Crippen LogP contribution is 2.31. The van der Waals surface area contributed by atoms with E-state index in [1.54, 1.807) is 25.3 Å². The first-order valence-electron chi connectivity index (χ1n) is 7.47. The first kappa shape index (κ1) is 15.7. The molecular formula is C18H19N3O3. The fourth-order valence-electron chi connectivity index (χ4n) is 2.59. The Morgan fingerprint density at radius 2 is 1.96 bits per heavy atom. The van der Waals surface area contributed by atoms with Crippen molar-refractivity contribution in [2.24, 2.45) is 0 Å². The van der Waals surface area contributed by atoms with Crippen LogP contribution in [0.4, 0.5) is 21.9 Å². The molecule has 1 aliphatic rings. The van der Waals surface area contributed by atoms with Crippen molar-refractivity contribution in [3.05, 3.63) is 54.2 Å². The fourth-order valence-corrected chi connectivity index (χ4v) is 2.59. The third-order valence-electron chi connectivity index (χ3n) is 3.74. The van der Waals surface area contributed by atoms with Crippen molar-refractivity contribution in [1.29, 1.82) is 0 Å². The van der Waals surface area contributed by atoms with E-state index in [-0.39, 0.29) is 6.03 Å². The van der Waals surface area contributed by atoms with Gasteiger partial charge in [-0.25, -0.2) is 4.79 Å². The van der Waals surface area contributed by atoms with Crippen LogP contribution < -0.4 is 25.4 Å². The van der Waals surface area contributed by atoms with Crippen molar-refractivity contribution in [2.45, 2.75) is 6.42 Å². The highest BCUT2D eigenvalue weighted by atomic mass is 16.5. The van der Waals surface area contributed by atoms with E-state index in [2.05, 4.69) is 22.5 Å². The first-order chi connectivity index (χ1) is 11.6. The lowest BCUT2D eigenvalue weighted by molar-refractivity contribution is 0.262. The van der Waals surface area contributed by atoms with E-state index >= 15 is 0 Å². The van der Waals surface area contributed by atoms with Crippen LogP contribution >= 0.6 is 0 Å². The van der Waals surface area contributed by atoms with Crippen molar-refractivity contribution >= 4 is 23.1 Å². The number of hydrogen-bond acceptors (Lipinski definition) is 4. The van der Waals surface area contributed by atoms with E-state index in [0.717, 1.165) is 29.1 Å². The van der Waals surface area contributed by atoms with E-state index in [1.165, 1.54) is 7.11 Å². The molecular weight excluding hydrogens is 306 g/mol. The Bertz CT molecular complexity index is 802. The molecule has 0 saturated carbocycles. The molecule has 0 aliphatic carbocycles. The zero-order valence-corrected chi connectivity index (χ0v) is 13.6. The van der Waals surface area contributed by atoms with Crippen molar-refractivity contribution < 1.29 is 14.3 Å². The summed E-state index contributed by atoms with van der Waals surface area (Å²) in [5, 5.41) is 8.79. The lowest BCUT2D eigenvalue weighted by Gasteiger charge is -2.13. The van der Waals surface area contributed by atoms with Crippen molar-refractivity contribution in [2.75, 3.05) is 30.2 Å². The minimum absolute atomic E-state index is 0.344. The molecule has 1 heterocycles. The summed E-state index contributed by atoms with van der Waals surface area (Å²) in [6, 6.07) is 10.6. The molecule has 0 radical (unpaired) electrons. The summed E-state index contributed by atoms with van der Waals surface area (Å²) in [6.07, 6.45) is 0.763. The van der Waals surface area contributed by atoms with Gasteiger partial charge in [0.25, 0.3) is 0 Å². The second-order valence-corrected chi connectivity index (χ2v) is 5.42. The lowest BCUT2D eigenvalue weighted by Crippen LogP contribution is -2.19. The summed E-state index contributed by atoms with van der Waals surface area (Å²) in [6.45, 7) is 3.91. The number of anilines is 3. The van der Waals surface area contributed by atoms with Gasteiger partial charge in [0, 0.05) is 29.6 Å². The Morgan fingerprint density at radius 1 is 1.12 bits per heavy atom. The number of carbonyl (C=O) groups is 1. The Labute approximate surface area is 140 Å². The van der Waals surface area contributed by atoms with E-state index < -0.39 is 0 Å². The molecule has 0 saturated heterocycles. The van der Waals surface area contributed by atoms with Crippen LogP contribution in [0.1, 0.15) is 5.56 Å². The van der Waals surface area contributed by atoms with Crippen molar-refractivity contribution in [1.82, 2.24) is 0 Å². The van der Waals surface area contributed by atoms with Gasteiger partial charge >= 0.3 is 6.03 Å². The predicted octanol–water partition coefficient (Wildman–Crippen LogP) is 3.83. The number of benzene rings is 2. The summed E-state index contributed by atoms with van der Waals surface area (Å²) in [5.41, 5.74) is 4.37. The van der Waals surface area contributed by atoms with Gasteiger partial charge in [0.15, 0.2) is 0 Å². The summed E-state index contributed by atoms with van der Waals surface area (Å²) in [5.74, 6) is 1.18. The number of hydrogen-bond donors (Lipinski definition) is 3. The maximum atomic E-state index is 12.2. The average Bonchev–Trinajstić information content (AvgIpc) is 2.94. The van der Waals surface area contributed by atoms with Crippen molar-refractivity contribution in [3.63, 3.8) is 0 Å². The minimum Gasteiger partial charge on any atom is -0.497 e. The molecule has 6 nitrogen and oxygen atoms in total. The Hall–Kier alpha value is -3.15. The molecule has 0 atom stereocenters. The predicted molar refractivity (Wildman–Crippen MR) is 95.1 cm³/mol. The molecule has 1 aliphatic heterocycles. The normalized spacial score (nSPS) is 12.2. The Kier molecular flexibility index (Phi) is 4.29. The molecule has 3 rings (SSSR count). The van der Waals surface area contributed by atoms with Gasteiger partial charge in [-0.05, 0) is 35.9 Å². The number of rotatable bonds is 4. The molecule has 0 fully saturated rings. The number of urea groups is 1. The standard InChI is InChI=1S/C18H19N3O3/c1-11-8-12-9-13(4-6-15(12)19-11)20-18(22)21-16-7-5-14(23-2)10-17(16)24-3/h4-7,9-10,19H,1,8H2,2-3H3,(H2,20,21,22). The second-order valence-electron chi connectivity index (χ2n) is 5.42. The number of carbonyl (C=O) groups excluding carboxylic acids is 1. The molecule has 0 aromatic heterocycles. The quantitative estimate of drug-likeness (QED) is 0.799. The highest BCUT2D eigenvalue weighted by molar-refractivity contribution is 6.01. The van der Waals surface area contributed by atoms with Crippen LogP contribution in [0.15, 0.2) is 48.7 Å².